The fourth-order valence-corrected chi connectivity index (χ4v) is 4.20. The van der Waals surface area contributed by atoms with Gasteiger partial charge < -0.3 is 10.2 Å². The number of rotatable bonds is 5. The molecule has 0 saturated heterocycles. The van der Waals surface area contributed by atoms with Crippen LogP contribution in [0, 0.1) is 0 Å². The van der Waals surface area contributed by atoms with E-state index in [-0.39, 0.29) is 22.2 Å². The van der Waals surface area contributed by atoms with E-state index in [0.29, 0.717) is 18.7 Å². The van der Waals surface area contributed by atoms with Crippen LogP contribution in [0.25, 0.3) is 0 Å². The lowest BCUT2D eigenvalue weighted by molar-refractivity contribution is -0.115. The molecule has 144 valence electrons. The normalized spacial score (nSPS) is 14.1. The second-order valence-electron chi connectivity index (χ2n) is 6.36. The van der Waals surface area contributed by atoms with Crippen molar-refractivity contribution in [2.45, 2.75) is 16.2 Å². The van der Waals surface area contributed by atoms with Gasteiger partial charge in [-0.1, -0.05) is 6.07 Å². The maximum absolute atomic E-state index is 12.3. The number of nitrogens with one attached hydrogen (secondary N) is 1. The summed E-state index contributed by atoms with van der Waals surface area (Å²) < 4.78 is 46.1. The summed E-state index contributed by atoms with van der Waals surface area (Å²) in [4.78, 5) is 14.4. The first kappa shape index (κ1) is 19.3. The van der Waals surface area contributed by atoms with Crippen LogP contribution < -0.4 is 15.4 Å². The molecule has 0 bridgehead atoms. The third-order valence-electron chi connectivity index (χ3n) is 4.25. The van der Waals surface area contributed by atoms with Crippen LogP contribution in [0.15, 0.2) is 52.3 Å². The van der Waals surface area contributed by atoms with Gasteiger partial charge in [0.25, 0.3) is 0 Å². The Balaban J connectivity index is 1.72. The maximum atomic E-state index is 12.3. The summed E-state index contributed by atoms with van der Waals surface area (Å²) in [6.07, 6.45) is 1.71. The second-order valence-corrected chi connectivity index (χ2v) is 9.93. The minimum Gasteiger partial charge on any atom is -0.362 e. The zero-order chi connectivity index (χ0) is 19.8. The molecule has 0 spiro atoms. The lowest BCUT2D eigenvalue weighted by atomic mass is 10.2. The number of amides is 1. The van der Waals surface area contributed by atoms with E-state index in [1.54, 1.807) is 18.2 Å². The molecule has 10 heteroatoms. The van der Waals surface area contributed by atoms with Gasteiger partial charge in [-0.25, -0.2) is 22.0 Å². The van der Waals surface area contributed by atoms with Crippen LogP contribution in [0.3, 0.4) is 0 Å². The number of sulfonamides is 1. The summed E-state index contributed by atoms with van der Waals surface area (Å²) in [5, 5.41) is 7.83. The largest absolute Gasteiger partial charge is 0.362 e. The third-order valence-corrected chi connectivity index (χ3v) is 6.27. The van der Waals surface area contributed by atoms with E-state index >= 15 is 0 Å². The number of benzene rings is 2. The van der Waals surface area contributed by atoms with Crippen LogP contribution in [0.4, 0.5) is 11.4 Å². The molecular formula is C17H19N3O5S2. The smallest absolute Gasteiger partial charge is 0.243 e. The van der Waals surface area contributed by atoms with Gasteiger partial charge in [0, 0.05) is 24.2 Å². The molecule has 0 radical (unpaired) electrons. The number of nitrogens with two attached hydrogens (primary N) is 1. The van der Waals surface area contributed by atoms with Crippen molar-refractivity contribution >= 4 is 37.1 Å². The molecule has 8 nitrogen and oxygen atoms in total. The van der Waals surface area contributed by atoms with Gasteiger partial charge in [0.2, 0.25) is 15.9 Å². The highest BCUT2D eigenvalue weighted by Gasteiger charge is 2.23. The molecule has 1 amide bonds. The first-order chi connectivity index (χ1) is 12.5. The minimum atomic E-state index is -3.77. The van der Waals surface area contributed by atoms with Gasteiger partial charge in [-0.3, -0.25) is 4.79 Å². The van der Waals surface area contributed by atoms with E-state index in [2.05, 4.69) is 5.32 Å². The summed E-state index contributed by atoms with van der Waals surface area (Å²) in [6, 6.07) is 10.6. The fourth-order valence-electron chi connectivity index (χ4n) is 2.97. The maximum Gasteiger partial charge on any atom is 0.243 e. The van der Waals surface area contributed by atoms with Crippen molar-refractivity contribution in [3.05, 3.63) is 48.0 Å². The molecule has 3 N–H and O–H groups in total. The monoisotopic (exact) mass is 409 g/mol. The fraction of sp³-hybridized carbons (Fsp3) is 0.235. The highest BCUT2D eigenvalue weighted by molar-refractivity contribution is 7.90. The molecule has 0 atom stereocenters. The standard InChI is InChI=1S/C17H19N3O5S2/c1-26(22,23)14-4-2-3-13(10-14)19-17(21)11-20-8-7-12-9-15(27(18,24)25)5-6-16(12)20/h2-6,9-10H,7-8,11H2,1H3,(H,19,21)(H2,18,24,25). The van der Waals surface area contributed by atoms with Gasteiger partial charge in [0.15, 0.2) is 9.84 Å². The van der Waals surface area contributed by atoms with Gasteiger partial charge in [-0.2, -0.15) is 0 Å². The summed E-state index contributed by atoms with van der Waals surface area (Å²) in [7, 11) is -7.13. The quantitative estimate of drug-likeness (QED) is 0.750. The Morgan fingerprint density at radius 2 is 1.85 bits per heavy atom. The van der Waals surface area contributed by atoms with Crippen LogP contribution in [0.2, 0.25) is 0 Å². The van der Waals surface area contributed by atoms with Crippen molar-refractivity contribution in [2.75, 3.05) is 29.6 Å². The first-order valence-corrected chi connectivity index (χ1v) is 11.5. The van der Waals surface area contributed by atoms with E-state index in [0.717, 1.165) is 17.5 Å². The molecule has 1 aliphatic rings. The van der Waals surface area contributed by atoms with Gasteiger partial charge in [0.05, 0.1) is 16.3 Å². The molecule has 2 aromatic rings. The van der Waals surface area contributed by atoms with Crippen molar-refractivity contribution in [2.24, 2.45) is 5.14 Å². The van der Waals surface area contributed by atoms with Gasteiger partial charge in [-0.05, 0) is 48.4 Å². The Hall–Kier alpha value is -2.43. The van der Waals surface area contributed by atoms with E-state index in [1.807, 2.05) is 4.90 Å². The Morgan fingerprint density at radius 3 is 2.52 bits per heavy atom. The molecule has 27 heavy (non-hydrogen) atoms. The third kappa shape index (κ3) is 4.46. The number of sulfone groups is 1. The van der Waals surface area contributed by atoms with E-state index in [9.17, 15) is 21.6 Å². The van der Waals surface area contributed by atoms with Crippen LogP contribution in [0.1, 0.15) is 5.56 Å². The summed E-state index contributed by atoms with van der Waals surface area (Å²) in [6.45, 7) is 0.630. The Morgan fingerprint density at radius 1 is 1.11 bits per heavy atom. The number of carbonyl (C=O) groups is 1. The molecule has 1 aliphatic heterocycles. The molecule has 0 fully saturated rings. The Labute approximate surface area is 158 Å². The van der Waals surface area contributed by atoms with Crippen molar-refractivity contribution in [3.63, 3.8) is 0 Å². The van der Waals surface area contributed by atoms with E-state index in [1.165, 1.54) is 24.3 Å². The number of nitrogens with zero attached hydrogens (tertiary/aromatic N) is 1. The highest BCUT2D eigenvalue weighted by Crippen LogP contribution is 2.29. The lowest BCUT2D eigenvalue weighted by Gasteiger charge is -2.19. The summed E-state index contributed by atoms with van der Waals surface area (Å²) in [5.74, 6) is -0.302. The average Bonchev–Trinajstić information content (AvgIpc) is 2.95. The molecule has 0 aromatic heterocycles. The number of hydrogen-bond acceptors (Lipinski definition) is 6. The van der Waals surface area contributed by atoms with Crippen LogP contribution in [-0.2, 0) is 31.1 Å². The predicted molar refractivity (Wildman–Crippen MR) is 102 cm³/mol. The van der Waals surface area contributed by atoms with Crippen LogP contribution in [-0.4, -0.2) is 42.1 Å². The first-order valence-electron chi connectivity index (χ1n) is 8.05. The number of carbonyl (C=O) groups excluding carboxylic acids is 1. The van der Waals surface area contributed by atoms with Crippen molar-refractivity contribution < 1.29 is 21.6 Å². The second kappa shape index (κ2) is 6.95. The number of anilines is 2. The SMILES string of the molecule is CS(=O)(=O)c1cccc(NC(=O)CN2CCc3cc(S(N)(=O)=O)ccc32)c1. The molecule has 2 aromatic carbocycles. The zero-order valence-electron chi connectivity index (χ0n) is 14.5. The molecule has 0 aliphatic carbocycles. The Bertz CT molecular complexity index is 1110. The minimum absolute atomic E-state index is 0.0464. The number of hydrogen-bond donors (Lipinski definition) is 2. The molecular weight excluding hydrogens is 390 g/mol. The van der Waals surface area contributed by atoms with Gasteiger partial charge >= 0.3 is 0 Å². The van der Waals surface area contributed by atoms with E-state index < -0.39 is 19.9 Å². The molecule has 1 heterocycles. The number of fused-ring (bicyclic) bond motifs is 1. The highest BCUT2D eigenvalue weighted by atomic mass is 32.2. The summed E-state index contributed by atoms with van der Waals surface area (Å²) in [5.41, 5.74) is 1.99. The van der Waals surface area contributed by atoms with Gasteiger partial charge in [0.1, 0.15) is 0 Å². The average molecular weight is 409 g/mol. The van der Waals surface area contributed by atoms with Gasteiger partial charge in [-0.15, -0.1) is 0 Å². The summed E-state index contributed by atoms with van der Waals surface area (Å²) >= 11 is 0. The van der Waals surface area contributed by atoms with Crippen molar-refractivity contribution in [1.29, 1.82) is 0 Å². The lowest BCUT2D eigenvalue weighted by Crippen LogP contribution is -2.31. The van der Waals surface area contributed by atoms with Crippen molar-refractivity contribution in [1.82, 2.24) is 0 Å². The van der Waals surface area contributed by atoms with Crippen LogP contribution in [0.5, 0.6) is 0 Å². The molecule has 3 rings (SSSR count). The number of primary sulfonamides is 1. The van der Waals surface area contributed by atoms with E-state index in [4.69, 9.17) is 5.14 Å². The Kier molecular flexibility index (Phi) is 4.98. The molecule has 0 unspecified atom stereocenters. The molecule has 0 saturated carbocycles. The van der Waals surface area contributed by atoms with Crippen molar-refractivity contribution in [3.8, 4) is 0 Å². The zero-order valence-corrected chi connectivity index (χ0v) is 16.2. The predicted octanol–water partition coefficient (Wildman–Crippen LogP) is 0.739. The van der Waals surface area contributed by atoms with Crippen LogP contribution >= 0.6 is 0 Å². The topological polar surface area (TPSA) is 127 Å².